The van der Waals surface area contributed by atoms with Gasteiger partial charge in [-0.25, -0.2) is 0 Å². The lowest BCUT2D eigenvalue weighted by Gasteiger charge is -2.23. The van der Waals surface area contributed by atoms with Crippen LogP contribution in [-0.2, 0) is 0 Å². The van der Waals surface area contributed by atoms with Crippen LogP contribution in [0.2, 0.25) is 0 Å². The van der Waals surface area contributed by atoms with Crippen LogP contribution in [0.25, 0.3) is 0 Å². The number of benzene rings is 2. The van der Waals surface area contributed by atoms with E-state index < -0.39 is 4.92 Å². The van der Waals surface area contributed by atoms with Gasteiger partial charge in [0, 0.05) is 17.7 Å². The van der Waals surface area contributed by atoms with E-state index in [4.69, 9.17) is 9.47 Å². The Bertz CT molecular complexity index is 846. The Balaban J connectivity index is 1.54. The highest BCUT2D eigenvalue weighted by molar-refractivity contribution is 5.94. The van der Waals surface area contributed by atoms with Crippen LogP contribution in [0.1, 0.15) is 34.8 Å². The molecule has 7 heteroatoms. The Hall–Kier alpha value is -3.09. The zero-order valence-electron chi connectivity index (χ0n) is 14.0. The molecule has 26 heavy (non-hydrogen) atoms. The summed E-state index contributed by atoms with van der Waals surface area (Å²) in [5.74, 6) is 1.56. The van der Waals surface area contributed by atoms with Gasteiger partial charge in [0.15, 0.2) is 11.5 Å². The fourth-order valence-corrected chi connectivity index (χ4v) is 3.12. The van der Waals surface area contributed by atoms with Crippen LogP contribution in [0.3, 0.4) is 0 Å². The SMILES string of the molecule is O=C(NC(c1ccc2c(c1)OCCO2)C1CC1)c1ccc([N+](=O)[O-])cc1. The van der Waals surface area contributed by atoms with Crippen molar-refractivity contribution < 1.29 is 19.2 Å². The maximum absolute atomic E-state index is 12.6. The van der Waals surface area contributed by atoms with E-state index in [0.29, 0.717) is 30.4 Å². The number of rotatable bonds is 5. The molecule has 1 fully saturated rings. The average Bonchev–Trinajstić information content (AvgIpc) is 3.50. The number of hydrogen-bond acceptors (Lipinski definition) is 5. The molecule has 1 heterocycles. The third kappa shape index (κ3) is 3.33. The number of nitro benzene ring substituents is 1. The van der Waals surface area contributed by atoms with Gasteiger partial charge < -0.3 is 14.8 Å². The first-order chi connectivity index (χ1) is 12.6. The van der Waals surface area contributed by atoms with E-state index in [9.17, 15) is 14.9 Å². The van der Waals surface area contributed by atoms with Gasteiger partial charge in [-0.05, 0) is 48.6 Å². The zero-order valence-corrected chi connectivity index (χ0v) is 14.0. The predicted molar refractivity (Wildman–Crippen MR) is 93.5 cm³/mol. The van der Waals surface area contributed by atoms with Crippen LogP contribution in [-0.4, -0.2) is 24.0 Å². The molecule has 1 aliphatic heterocycles. The summed E-state index contributed by atoms with van der Waals surface area (Å²) in [7, 11) is 0. The third-order valence-corrected chi connectivity index (χ3v) is 4.65. The lowest BCUT2D eigenvalue weighted by Crippen LogP contribution is -2.30. The van der Waals surface area contributed by atoms with Gasteiger partial charge in [0.25, 0.3) is 11.6 Å². The Labute approximate surface area is 150 Å². The number of non-ortho nitro benzene ring substituents is 1. The molecule has 1 aliphatic carbocycles. The summed E-state index contributed by atoms with van der Waals surface area (Å²) >= 11 is 0. The second-order valence-corrected chi connectivity index (χ2v) is 6.50. The van der Waals surface area contributed by atoms with Crippen molar-refractivity contribution in [2.75, 3.05) is 13.2 Å². The molecule has 4 rings (SSSR count). The number of carbonyl (C=O) groups excluding carboxylic acids is 1. The topological polar surface area (TPSA) is 90.7 Å². The molecule has 1 unspecified atom stereocenters. The lowest BCUT2D eigenvalue weighted by atomic mass is 10.0. The molecule has 1 N–H and O–H groups in total. The molecule has 0 aromatic heterocycles. The molecule has 1 amide bonds. The van der Waals surface area contributed by atoms with E-state index >= 15 is 0 Å². The van der Waals surface area contributed by atoms with E-state index in [2.05, 4.69) is 5.32 Å². The Morgan fingerprint density at radius 3 is 2.42 bits per heavy atom. The van der Waals surface area contributed by atoms with Gasteiger partial charge in [-0.1, -0.05) is 6.07 Å². The molecule has 0 bridgehead atoms. The fourth-order valence-electron chi connectivity index (χ4n) is 3.12. The first kappa shape index (κ1) is 16.4. The van der Waals surface area contributed by atoms with Gasteiger partial charge in [0.2, 0.25) is 0 Å². The monoisotopic (exact) mass is 354 g/mol. The number of carbonyl (C=O) groups is 1. The molecule has 0 saturated heterocycles. The molecule has 2 aliphatic rings. The van der Waals surface area contributed by atoms with Gasteiger partial charge in [-0.2, -0.15) is 0 Å². The van der Waals surface area contributed by atoms with E-state index in [-0.39, 0.29) is 17.6 Å². The van der Waals surface area contributed by atoms with Crippen LogP contribution in [0.15, 0.2) is 42.5 Å². The van der Waals surface area contributed by atoms with Gasteiger partial charge in [-0.15, -0.1) is 0 Å². The van der Waals surface area contributed by atoms with Gasteiger partial charge in [-0.3, -0.25) is 14.9 Å². The van der Waals surface area contributed by atoms with Crippen LogP contribution in [0.5, 0.6) is 11.5 Å². The summed E-state index contributed by atoms with van der Waals surface area (Å²) in [6.07, 6.45) is 2.11. The minimum absolute atomic E-state index is 0.0351. The standard InChI is InChI=1S/C19H18N2O5/c22-19(13-3-6-15(7-4-13)21(23)24)20-18(12-1-2-12)14-5-8-16-17(11-14)26-10-9-25-16/h3-8,11-12,18H,1-2,9-10H2,(H,20,22). The number of hydrogen-bond donors (Lipinski definition) is 1. The van der Waals surface area contributed by atoms with Crippen molar-refractivity contribution in [1.82, 2.24) is 5.32 Å². The Kier molecular flexibility index (Phi) is 4.20. The summed E-state index contributed by atoms with van der Waals surface area (Å²) in [6.45, 7) is 1.05. The fraction of sp³-hybridized carbons (Fsp3) is 0.316. The maximum atomic E-state index is 12.6. The predicted octanol–water partition coefficient (Wildman–Crippen LogP) is 3.25. The zero-order chi connectivity index (χ0) is 18.1. The number of fused-ring (bicyclic) bond motifs is 1. The number of nitro groups is 1. The van der Waals surface area contributed by atoms with Crippen molar-refractivity contribution >= 4 is 11.6 Å². The van der Waals surface area contributed by atoms with Crippen molar-refractivity contribution in [1.29, 1.82) is 0 Å². The number of nitrogens with zero attached hydrogens (tertiary/aromatic N) is 1. The molecule has 2 aromatic carbocycles. The highest BCUT2D eigenvalue weighted by atomic mass is 16.6. The molecule has 2 aromatic rings. The second-order valence-electron chi connectivity index (χ2n) is 6.50. The van der Waals surface area contributed by atoms with Crippen molar-refractivity contribution in [2.45, 2.75) is 18.9 Å². The third-order valence-electron chi connectivity index (χ3n) is 4.65. The summed E-state index contributed by atoms with van der Waals surface area (Å²) in [4.78, 5) is 22.9. The largest absolute Gasteiger partial charge is 0.486 e. The first-order valence-electron chi connectivity index (χ1n) is 8.57. The highest BCUT2D eigenvalue weighted by Gasteiger charge is 2.34. The molecule has 1 saturated carbocycles. The number of nitrogens with one attached hydrogen (secondary N) is 1. The van der Waals surface area contributed by atoms with Crippen molar-refractivity contribution in [3.05, 3.63) is 63.7 Å². The van der Waals surface area contributed by atoms with Gasteiger partial charge in [0.1, 0.15) is 13.2 Å². The van der Waals surface area contributed by atoms with Crippen molar-refractivity contribution in [2.24, 2.45) is 5.92 Å². The summed E-state index contributed by atoms with van der Waals surface area (Å²) in [6, 6.07) is 11.3. The van der Waals surface area contributed by atoms with E-state index in [0.717, 1.165) is 24.2 Å². The quantitative estimate of drug-likeness (QED) is 0.657. The molecular formula is C19H18N2O5. The summed E-state index contributed by atoms with van der Waals surface area (Å²) in [5, 5.41) is 13.8. The highest BCUT2D eigenvalue weighted by Crippen LogP contribution is 2.43. The van der Waals surface area contributed by atoms with Crippen LogP contribution >= 0.6 is 0 Å². The minimum atomic E-state index is -0.482. The van der Waals surface area contributed by atoms with Crippen molar-refractivity contribution in [3.63, 3.8) is 0 Å². The lowest BCUT2D eigenvalue weighted by molar-refractivity contribution is -0.384. The number of amides is 1. The normalized spacial score (nSPS) is 16.6. The molecule has 0 radical (unpaired) electrons. The average molecular weight is 354 g/mol. The second kappa shape index (κ2) is 6.67. The minimum Gasteiger partial charge on any atom is -0.486 e. The molecule has 0 spiro atoms. The first-order valence-corrected chi connectivity index (χ1v) is 8.57. The van der Waals surface area contributed by atoms with Crippen LogP contribution in [0, 0.1) is 16.0 Å². The molecule has 134 valence electrons. The molecule has 7 nitrogen and oxygen atoms in total. The Morgan fingerprint density at radius 1 is 1.08 bits per heavy atom. The van der Waals surface area contributed by atoms with Crippen LogP contribution < -0.4 is 14.8 Å². The summed E-state index contributed by atoms with van der Waals surface area (Å²) in [5.41, 5.74) is 1.35. The molecular weight excluding hydrogens is 336 g/mol. The van der Waals surface area contributed by atoms with Gasteiger partial charge >= 0.3 is 0 Å². The van der Waals surface area contributed by atoms with E-state index in [1.165, 1.54) is 24.3 Å². The van der Waals surface area contributed by atoms with Crippen molar-refractivity contribution in [3.8, 4) is 11.5 Å². The van der Waals surface area contributed by atoms with Gasteiger partial charge in [0.05, 0.1) is 11.0 Å². The number of ether oxygens (including phenoxy) is 2. The smallest absolute Gasteiger partial charge is 0.269 e. The van der Waals surface area contributed by atoms with E-state index in [1.54, 1.807) is 0 Å². The molecule has 1 atom stereocenters. The van der Waals surface area contributed by atoms with E-state index in [1.807, 2.05) is 18.2 Å². The maximum Gasteiger partial charge on any atom is 0.269 e. The summed E-state index contributed by atoms with van der Waals surface area (Å²) < 4.78 is 11.2. The van der Waals surface area contributed by atoms with Crippen LogP contribution in [0.4, 0.5) is 5.69 Å². The Morgan fingerprint density at radius 2 is 1.77 bits per heavy atom.